The van der Waals surface area contributed by atoms with Crippen molar-refractivity contribution in [3.63, 3.8) is 0 Å². The monoisotopic (exact) mass is 404 g/mol. The van der Waals surface area contributed by atoms with Gasteiger partial charge in [-0.2, -0.15) is 0 Å². The average Bonchev–Trinajstić information content (AvgIpc) is 2.74. The largest absolute Gasteiger partial charge is 0.478 e. The fraction of sp³-hybridized carbons (Fsp3) is 0.250. The lowest BCUT2D eigenvalue weighted by molar-refractivity contribution is 0.0698. The van der Waals surface area contributed by atoms with Gasteiger partial charge in [0.1, 0.15) is 0 Å². The average molecular weight is 405 g/mol. The Labute approximate surface area is 175 Å². The SMILES string of the molecule is Cc1ccc(Sc2ccc3c(c2)CCC[C@@H]3CNc2cnccc2C(=O)O)cc1. The van der Waals surface area contributed by atoms with Crippen molar-refractivity contribution in [1.29, 1.82) is 0 Å². The third kappa shape index (κ3) is 4.62. The maximum absolute atomic E-state index is 11.4. The standard InChI is InChI=1S/C24H24N2O2S/c1-16-5-7-19(8-6-16)29-20-9-10-21-17(13-20)3-2-4-18(21)14-26-23-15-25-12-11-22(23)24(27)28/h5-13,15,18,26H,2-4,14H2,1H3,(H,27,28)/t18-/m1/s1. The molecular formula is C24H24N2O2S. The highest BCUT2D eigenvalue weighted by Gasteiger charge is 2.21. The van der Waals surface area contributed by atoms with Gasteiger partial charge in [0, 0.05) is 28.5 Å². The fourth-order valence-electron chi connectivity index (χ4n) is 3.86. The van der Waals surface area contributed by atoms with Crippen molar-refractivity contribution in [2.24, 2.45) is 0 Å². The summed E-state index contributed by atoms with van der Waals surface area (Å²) in [6.07, 6.45) is 6.46. The van der Waals surface area contributed by atoms with Gasteiger partial charge < -0.3 is 10.4 Å². The summed E-state index contributed by atoms with van der Waals surface area (Å²) in [6, 6.07) is 16.9. The number of aromatic nitrogens is 1. The predicted octanol–water partition coefficient (Wildman–Crippen LogP) is 5.77. The number of aromatic carboxylic acids is 1. The number of hydrogen-bond donors (Lipinski definition) is 2. The number of hydrogen-bond acceptors (Lipinski definition) is 4. The van der Waals surface area contributed by atoms with Gasteiger partial charge in [-0.05, 0) is 67.6 Å². The van der Waals surface area contributed by atoms with Crippen molar-refractivity contribution in [1.82, 2.24) is 4.98 Å². The number of carboxylic acids is 1. The Kier molecular flexibility index (Phi) is 5.86. The van der Waals surface area contributed by atoms with Crippen LogP contribution < -0.4 is 5.32 Å². The van der Waals surface area contributed by atoms with Gasteiger partial charge in [0.15, 0.2) is 0 Å². The highest BCUT2D eigenvalue weighted by molar-refractivity contribution is 7.99. The smallest absolute Gasteiger partial charge is 0.337 e. The van der Waals surface area contributed by atoms with E-state index in [1.165, 1.54) is 38.7 Å². The van der Waals surface area contributed by atoms with Gasteiger partial charge in [-0.15, -0.1) is 0 Å². The summed E-state index contributed by atoms with van der Waals surface area (Å²) in [7, 11) is 0. The van der Waals surface area contributed by atoms with Gasteiger partial charge in [-0.1, -0.05) is 35.5 Å². The third-order valence-corrected chi connectivity index (χ3v) is 6.40. The Morgan fingerprint density at radius 1 is 1.17 bits per heavy atom. The normalized spacial score (nSPS) is 15.6. The van der Waals surface area contributed by atoms with E-state index in [1.807, 2.05) is 0 Å². The number of benzene rings is 2. The molecule has 0 amide bonds. The molecule has 0 unspecified atom stereocenters. The Morgan fingerprint density at radius 2 is 1.97 bits per heavy atom. The van der Waals surface area contributed by atoms with E-state index in [2.05, 4.69) is 59.7 Å². The lowest BCUT2D eigenvalue weighted by Gasteiger charge is -2.27. The first-order valence-corrected chi connectivity index (χ1v) is 10.7. The van der Waals surface area contributed by atoms with Crippen molar-refractivity contribution in [2.45, 2.75) is 41.9 Å². The van der Waals surface area contributed by atoms with Crippen molar-refractivity contribution in [3.8, 4) is 0 Å². The van der Waals surface area contributed by atoms with Crippen LogP contribution in [0, 0.1) is 6.92 Å². The summed E-state index contributed by atoms with van der Waals surface area (Å²) < 4.78 is 0. The van der Waals surface area contributed by atoms with Crippen LogP contribution in [0.15, 0.2) is 70.7 Å². The lowest BCUT2D eigenvalue weighted by atomic mass is 9.83. The molecule has 0 spiro atoms. The van der Waals surface area contributed by atoms with E-state index in [0.29, 0.717) is 18.2 Å². The van der Waals surface area contributed by atoms with Crippen LogP contribution in [0.1, 0.15) is 45.8 Å². The van der Waals surface area contributed by atoms with Gasteiger partial charge in [0.2, 0.25) is 0 Å². The Bertz CT molecular complexity index is 1020. The van der Waals surface area contributed by atoms with Crippen LogP contribution in [-0.2, 0) is 6.42 Å². The molecule has 0 aliphatic heterocycles. The predicted molar refractivity (Wildman–Crippen MR) is 117 cm³/mol. The van der Waals surface area contributed by atoms with Gasteiger partial charge in [0.25, 0.3) is 0 Å². The third-order valence-electron chi connectivity index (χ3n) is 5.40. The number of rotatable bonds is 6. The van der Waals surface area contributed by atoms with E-state index >= 15 is 0 Å². The second-order valence-electron chi connectivity index (χ2n) is 7.47. The number of pyridine rings is 1. The Balaban J connectivity index is 1.48. The summed E-state index contributed by atoms with van der Waals surface area (Å²) in [4.78, 5) is 18.0. The first-order valence-electron chi connectivity index (χ1n) is 9.88. The first kappa shape index (κ1) is 19.5. The molecule has 3 aromatic rings. The van der Waals surface area contributed by atoms with E-state index in [0.717, 1.165) is 19.3 Å². The quantitative estimate of drug-likeness (QED) is 0.546. The minimum absolute atomic E-state index is 0.265. The molecule has 1 aromatic heterocycles. The zero-order valence-corrected chi connectivity index (χ0v) is 17.2. The van der Waals surface area contributed by atoms with Gasteiger partial charge in [-0.3, -0.25) is 4.98 Å². The van der Waals surface area contributed by atoms with Crippen molar-refractivity contribution < 1.29 is 9.90 Å². The number of fused-ring (bicyclic) bond motifs is 1. The lowest BCUT2D eigenvalue weighted by Crippen LogP contribution is -2.19. The van der Waals surface area contributed by atoms with Crippen LogP contribution in [0.2, 0.25) is 0 Å². The molecule has 1 aliphatic rings. The molecule has 2 N–H and O–H groups in total. The van der Waals surface area contributed by atoms with Crippen LogP contribution in [0.3, 0.4) is 0 Å². The summed E-state index contributed by atoms with van der Waals surface area (Å²) in [5, 5.41) is 12.7. The maximum atomic E-state index is 11.4. The number of anilines is 1. The Morgan fingerprint density at radius 3 is 2.76 bits per heavy atom. The number of nitrogens with one attached hydrogen (secondary N) is 1. The number of aryl methyl sites for hydroxylation is 2. The Hall–Kier alpha value is -2.79. The summed E-state index contributed by atoms with van der Waals surface area (Å²) in [5.41, 5.74) is 4.90. The van der Waals surface area contributed by atoms with E-state index in [1.54, 1.807) is 18.0 Å². The molecule has 1 atom stereocenters. The van der Waals surface area contributed by atoms with E-state index in [4.69, 9.17) is 0 Å². The molecule has 0 radical (unpaired) electrons. The minimum atomic E-state index is -0.934. The maximum Gasteiger partial charge on any atom is 0.337 e. The molecule has 4 rings (SSSR count). The van der Waals surface area contributed by atoms with E-state index in [9.17, 15) is 9.90 Å². The highest BCUT2D eigenvalue weighted by Crippen LogP contribution is 2.36. The summed E-state index contributed by atoms with van der Waals surface area (Å²) in [5.74, 6) is -0.559. The number of carboxylic acid groups (broad SMARTS) is 1. The van der Waals surface area contributed by atoms with Crippen LogP contribution in [-0.4, -0.2) is 22.6 Å². The number of nitrogens with zero attached hydrogens (tertiary/aromatic N) is 1. The van der Waals surface area contributed by atoms with E-state index < -0.39 is 5.97 Å². The topological polar surface area (TPSA) is 62.2 Å². The minimum Gasteiger partial charge on any atom is -0.478 e. The second-order valence-corrected chi connectivity index (χ2v) is 8.62. The molecular weight excluding hydrogens is 380 g/mol. The highest BCUT2D eigenvalue weighted by atomic mass is 32.2. The molecule has 0 saturated carbocycles. The molecule has 0 fully saturated rings. The molecule has 5 heteroatoms. The first-order chi connectivity index (χ1) is 14.1. The van der Waals surface area contributed by atoms with Gasteiger partial charge >= 0.3 is 5.97 Å². The molecule has 0 saturated heterocycles. The van der Waals surface area contributed by atoms with Crippen molar-refractivity contribution in [3.05, 3.63) is 83.2 Å². The van der Waals surface area contributed by atoms with Crippen molar-refractivity contribution >= 4 is 23.4 Å². The fourth-order valence-corrected chi connectivity index (χ4v) is 4.75. The van der Waals surface area contributed by atoms with Crippen LogP contribution in [0.4, 0.5) is 5.69 Å². The van der Waals surface area contributed by atoms with Crippen LogP contribution in [0.25, 0.3) is 0 Å². The molecule has 2 aromatic carbocycles. The molecule has 0 bridgehead atoms. The summed E-state index contributed by atoms with van der Waals surface area (Å²) >= 11 is 1.80. The van der Waals surface area contributed by atoms with Crippen molar-refractivity contribution in [2.75, 3.05) is 11.9 Å². The van der Waals surface area contributed by atoms with Gasteiger partial charge in [0.05, 0.1) is 17.4 Å². The molecule has 4 nitrogen and oxygen atoms in total. The summed E-state index contributed by atoms with van der Waals surface area (Å²) in [6.45, 7) is 2.82. The van der Waals surface area contributed by atoms with E-state index in [-0.39, 0.29) is 5.56 Å². The zero-order chi connectivity index (χ0) is 20.2. The van der Waals surface area contributed by atoms with Gasteiger partial charge in [-0.25, -0.2) is 4.79 Å². The molecule has 29 heavy (non-hydrogen) atoms. The molecule has 148 valence electrons. The second kappa shape index (κ2) is 8.70. The molecule has 1 heterocycles. The zero-order valence-electron chi connectivity index (χ0n) is 16.4. The van der Waals surface area contributed by atoms with Crippen LogP contribution >= 0.6 is 11.8 Å². The number of carbonyl (C=O) groups is 1. The van der Waals surface area contributed by atoms with Crippen LogP contribution in [0.5, 0.6) is 0 Å². The molecule has 1 aliphatic carbocycles.